The highest BCUT2D eigenvalue weighted by molar-refractivity contribution is 5.91. The number of aryl methyl sites for hydroxylation is 1. The van der Waals surface area contributed by atoms with Gasteiger partial charge in [-0.25, -0.2) is 4.79 Å². The third kappa shape index (κ3) is 4.09. The molecule has 7 heteroatoms. The molecule has 1 atom stereocenters. The number of hydrogen-bond acceptors (Lipinski definition) is 3. The van der Waals surface area contributed by atoms with Crippen LogP contribution < -0.4 is 5.32 Å². The number of rotatable bonds is 7. The summed E-state index contributed by atoms with van der Waals surface area (Å²) >= 11 is 0. The van der Waals surface area contributed by atoms with Gasteiger partial charge in [0.2, 0.25) is 5.91 Å². The number of fused-ring (bicyclic) bond motifs is 1. The van der Waals surface area contributed by atoms with Crippen LogP contribution in [0.15, 0.2) is 30.5 Å². The van der Waals surface area contributed by atoms with Crippen LogP contribution in [0, 0.1) is 0 Å². The van der Waals surface area contributed by atoms with E-state index in [4.69, 9.17) is 10.2 Å². The normalized spacial score (nSPS) is 12.0. The number of para-hydroxylation sites is 1. The Kier molecular flexibility index (Phi) is 5.00. The Morgan fingerprint density at radius 3 is 2.57 bits per heavy atom. The number of carbonyl (C=O) groups is 3. The molecule has 2 aromatic rings. The summed E-state index contributed by atoms with van der Waals surface area (Å²) in [6.07, 6.45) is 1.41. The second kappa shape index (κ2) is 6.95. The van der Waals surface area contributed by atoms with Crippen LogP contribution in [0.4, 0.5) is 0 Å². The number of carboxylic acids is 2. The highest BCUT2D eigenvalue weighted by Gasteiger charge is 2.21. The standard InChI is InChI=1S/C16H18N2O5/c1-18-9-10(11-4-2-3-5-13(11)18)8-14(19)17-12(16(22)23)6-7-15(20)21/h2-5,9,12H,6-8H2,1H3,(H,17,19)(H,20,21)(H,22,23). The molecule has 122 valence electrons. The number of hydrogen-bond donors (Lipinski definition) is 3. The molecule has 0 aliphatic carbocycles. The largest absolute Gasteiger partial charge is 0.481 e. The third-order valence-electron chi connectivity index (χ3n) is 3.61. The topological polar surface area (TPSA) is 109 Å². The van der Waals surface area contributed by atoms with Gasteiger partial charge in [-0.1, -0.05) is 18.2 Å². The summed E-state index contributed by atoms with van der Waals surface area (Å²) < 4.78 is 1.90. The van der Waals surface area contributed by atoms with Gasteiger partial charge >= 0.3 is 11.9 Å². The Balaban J connectivity index is 2.08. The van der Waals surface area contributed by atoms with Crippen molar-refractivity contribution in [2.24, 2.45) is 7.05 Å². The van der Waals surface area contributed by atoms with Crippen molar-refractivity contribution in [2.75, 3.05) is 0 Å². The van der Waals surface area contributed by atoms with Crippen LogP contribution in [0.25, 0.3) is 10.9 Å². The summed E-state index contributed by atoms with van der Waals surface area (Å²) in [5, 5.41) is 21.0. The SMILES string of the molecule is Cn1cc(CC(=O)NC(CCC(=O)O)C(=O)O)c2ccccc21. The Bertz CT molecular complexity index is 750. The number of benzene rings is 1. The predicted molar refractivity (Wildman–Crippen MR) is 83.1 cm³/mol. The second-order valence-corrected chi connectivity index (χ2v) is 5.35. The van der Waals surface area contributed by atoms with Crippen molar-refractivity contribution in [1.29, 1.82) is 0 Å². The third-order valence-corrected chi connectivity index (χ3v) is 3.61. The highest BCUT2D eigenvalue weighted by Crippen LogP contribution is 2.20. The van der Waals surface area contributed by atoms with E-state index in [0.717, 1.165) is 16.5 Å². The van der Waals surface area contributed by atoms with Crippen molar-refractivity contribution in [3.63, 3.8) is 0 Å². The van der Waals surface area contributed by atoms with Gasteiger partial charge in [0.15, 0.2) is 0 Å². The van der Waals surface area contributed by atoms with Crippen LogP contribution in [-0.4, -0.2) is 38.7 Å². The van der Waals surface area contributed by atoms with E-state index in [1.54, 1.807) is 0 Å². The fraction of sp³-hybridized carbons (Fsp3) is 0.312. The van der Waals surface area contributed by atoms with Crippen molar-refractivity contribution >= 4 is 28.7 Å². The van der Waals surface area contributed by atoms with Gasteiger partial charge < -0.3 is 20.1 Å². The zero-order valence-corrected chi connectivity index (χ0v) is 12.7. The summed E-state index contributed by atoms with van der Waals surface area (Å²) in [6, 6.07) is 6.41. The smallest absolute Gasteiger partial charge is 0.326 e. The molecule has 1 aromatic heterocycles. The van der Waals surface area contributed by atoms with Crippen molar-refractivity contribution in [2.45, 2.75) is 25.3 Å². The minimum absolute atomic E-state index is 0.0399. The van der Waals surface area contributed by atoms with E-state index in [1.165, 1.54) is 0 Å². The molecule has 3 N–H and O–H groups in total. The Morgan fingerprint density at radius 1 is 1.22 bits per heavy atom. The molecule has 1 heterocycles. The van der Waals surface area contributed by atoms with Gasteiger partial charge in [-0.15, -0.1) is 0 Å². The van der Waals surface area contributed by atoms with Gasteiger partial charge in [-0.3, -0.25) is 9.59 Å². The van der Waals surface area contributed by atoms with Crippen LogP contribution in [0.2, 0.25) is 0 Å². The van der Waals surface area contributed by atoms with Gasteiger partial charge in [0, 0.05) is 30.6 Å². The lowest BCUT2D eigenvalue weighted by Gasteiger charge is -2.13. The van der Waals surface area contributed by atoms with E-state index in [1.807, 2.05) is 42.1 Å². The maximum absolute atomic E-state index is 12.1. The fourth-order valence-corrected chi connectivity index (χ4v) is 2.51. The zero-order valence-electron chi connectivity index (χ0n) is 12.7. The van der Waals surface area contributed by atoms with Gasteiger partial charge in [-0.2, -0.15) is 0 Å². The number of amides is 1. The molecule has 23 heavy (non-hydrogen) atoms. The molecule has 0 saturated heterocycles. The molecule has 1 amide bonds. The Hall–Kier alpha value is -2.83. The number of nitrogens with zero attached hydrogens (tertiary/aromatic N) is 1. The molecule has 0 fully saturated rings. The summed E-state index contributed by atoms with van der Waals surface area (Å²) in [5.41, 5.74) is 1.78. The molecule has 0 bridgehead atoms. The van der Waals surface area contributed by atoms with Gasteiger partial charge in [0.1, 0.15) is 6.04 Å². The van der Waals surface area contributed by atoms with Gasteiger partial charge in [0.25, 0.3) is 0 Å². The number of carbonyl (C=O) groups excluding carboxylic acids is 1. The molecular formula is C16H18N2O5. The van der Waals surface area contributed by atoms with E-state index < -0.39 is 23.9 Å². The molecule has 0 saturated carbocycles. The minimum atomic E-state index is -1.24. The van der Waals surface area contributed by atoms with E-state index >= 15 is 0 Å². The molecule has 0 aliphatic heterocycles. The number of carboxylic acid groups (broad SMARTS) is 2. The summed E-state index contributed by atoms with van der Waals surface area (Å²) in [6.45, 7) is 0. The van der Waals surface area contributed by atoms with Crippen molar-refractivity contribution in [3.8, 4) is 0 Å². The molecule has 2 rings (SSSR count). The van der Waals surface area contributed by atoms with E-state index in [-0.39, 0.29) is 19.3 Å². The first-order chi connectivity index (χ1) is 10.9. The average Bonchev–Trinajstić information content (AvgIpc) is 2.80. The molecule has 0 radical (unpaired) electrons. The molecule has 7 nitrogen and oxygen atoms in total. The van der Waals surface area contributed by atoms with Gasteiger partial charge in [-0.05, 0) is 18.1 Å². The van der Waals surface area contributed by atoms with Crippen LogP contribution >= 0.6 is 0 Å². The second-order valence-electron chi connectivity index (χ2n) is 5.35. The monoisotopic (exact) mass is 318 g/mol. The number of nitrogens with one attached hydrogen (secondary N) is 1. The summed E-state index contributed by atoms with van der Waals surface area (Å²) in [5.74, 6) is -2.78. The highest BCUT2D eigenvalue weighted by atomic mass is 16.4. The first kappa shape index (κ1) is 16.5. The average molecular weight is 318 g/mol. The lowest BCUT2D eigenvalue weighted by Crippen LogP contribution is -2.41. The fourth-order valence-electron chi connectivity index (χ4n) is 2.51. The quantitative estimate of drug-likeness (QED) is 0.710. The lowest BCUT2D eigenvalue weighted by molar-refractivity contribution is -0.143. The van der Waals surface area contributed by atoms with Gasteiger partial charge in [0.05, 0.1) is 6.42 Å². The summed E-state index contributed by atoms with van der Waals surface area (Å²) in [7, 11) is 1.87. The number of aliphatic carboxylic acids is 2. The Morgan fingerprint density at radius 2 is 1.91 bits per heavy atom. The van der Waals surface area contributed by atoms with Crippen molar-refractivity contribution in [3.05, 3.63) is 36.0 Å². The van der Waals surface area contributed by atoms with Crippen LogP contribution in [0.3, 0.4) is 0 Å². The first-order valence-corrected chi connectivity index (χ1v) is 7.15. The van der Waals surface area contributed by atoms with E-state index in [9.17, 15) is 14.4 Å². The predicted octanol–water partition coefficient (Wildman–Crippen LogP) is 1.15. The Labute approximate surface area is 132 Å². The van der Waals surface area contributed by atoms with E-state index in [2.05, 4.69) is 5.32 Å². The molecule has 0 spiro atoms. The maximum Gasteiger partial charge on any atom is 0.326 e. The number of aromatic nitrogens is 1. The van der Waals surface area contributed by atoms with Crippen LogP contribution in [0.5, 0.6) is 0 Å². The maximum atomic E-state index is 12.1. The molecular weight excluding hydrogens is 300 g/mol. The molecule has 1 unspecified atom stereocenters. The lowest BCUT2D eigenvalue weighted by atomic mass is 10.1. The van der Waals surface area contributed by atoms with Crippen LogP contribution in [0.1, 0.15) is 18.4 Å². The summed E-state index contributed by atoms with van der Waals surface area (Å²) in [4.78, 5) is 33.7. The molecule has 1 aromatic carbocycles. The van der Waals surface area contributed by atoms with Crippen molar-refractivity contribution < 1.29 is 24.6 Å². The van der Waals surface area contributed by atoms with Crippen molar-refractivity contribution in [1.82, 2.24) is 9.88 Å². The minimum Gasteiger partial charge on any atom is -0.481 e. The van der Waals surface area contributed by atoms with Crippen LogP contribution in [-0.2, 0) is 27.9 Å². The zero-order chi connectivity index (χ0) is 17.0. The molecule has 0 aliphatic rings. The van der Waals surface area contributed by atoms with E-state index in [0.29, 0.717) is 0 Å². The first-order valence-electron chi connectivity index (χ1n) is 7.15.